The predicted molar refractivity (Wildman–Crippen MR) is 113 cm³/mol. The van der Waals surface area contributed by atoms with Crippen LogP contribution in [0.5, 0.6) is 0 Å². The summed E-state index contributed by atoms with van der Waals surface area (Å²) in [5.74, 6) is -0.306. The minimum Gasteiger partial charge on any atom is -0.324 e. The van der Waals surface area contributed by atoms with Crippen molar-refractivity contribution in [3.63, 3.8) is 0 Å². The van der Waals surface area contributed by atoms with Gasteiger partial charge < -0.3 is 10.6 Å². The molecular weight excluding hydrogens is 414 g/mol. The summed E-state index contributed by atoms with van der Waals surface area (Å²) in [6.07, 6.45) is 0. The first-order chi connectivity index (χ1) is 13.8. The molecule has 2 aromatic carbocycles. The zero-order valence-corrected chi connectivity index (χ0v) is 17.3. The molecule has 0 bridgehead atoms. The molecule has 29 heavy (non-hydrogen) atoms. The van der Waals surface area contributed by atoms with E-state index in [1.807, 2.05) is 18.2 Å². The maximum atomic E-state index is 13.2. The number of Topliss-reactive ketones (excluding diaryl/α,β-unsaturated/α-hetero) is 1. The van der Waals surface area contributed by atoms with Crippen LogP contribution in [0.3, 0.4) is 0 Å². The second-order valence-electron chi connectivity index (χ2n) is 6.78. The van der Waals surface area contributed by atoms with Crippen molar-refractivity contribution in [2.45, 2.75) is 6.54 Å². The number of urea groups is 1. The maximum absolute atomic E-state index is 13.2. The van der Waals surface area contributed by atoms with Crippen LogP contribution in [0.15, 0.2) is 48.5 Å². The number of nitrogens with two attached hydrogens (primary N) is 1. The van der Waals surface area contributed by atoms with Crippen LogP contribution < -0.4 is 10.6 Å². The van der Waals surface area contributed by atoms with Gasteiger partial charge in [0.05, 0.1) is 24.6 Å². The fourth-order valence-electron chi connectivity index (χ4n) is 3.09. The molecule has 2 aromatic rings. The van der Waals surface area contributed by atoms with Gasteiger partial charge in [-0.3, -0.25) is 9.69 Å². The van der Waals surface area contributed by atoms with Crippen molar-refractivity contribution in [2.75, 3.05) is 36.0 Å². The van der Waals surface area contributed by atoms with E-state index in [1.165, 1.54) is 4.90 Å². The third-order valence-electron chi connectivity index (χ3n) is 4.80. The highest BCUT2D eigenvalue weighted by molar-refractivity contribution is 7.91. The number of benzene rings is 2. The van der Waals surface area contributed by atoms with Crippen LogP contribution in [0, 0.1) is 0 Å². The van der Waals surface area contributed by atoms with Crippen molar-refractivity contribution in [1.29, 1.82) is 0 Å². The zero-order chi connectivity index (χ0) is 21.0. The average molecular weight is 436 g/mol. The van der Waals surface area contributed by atoms with E-state index in [-0.39, 0.29) is 49.5 Å². The molecule has 2 N–H and O–H groups in total. The lowest BCUT2D eigenvalue weighted by atomic mass is 10.1. The Hall–Kier alpha value is -2.42. The van der Waals surface area contributed by atoms with Crippen LogP contribution in [0.2, 0.25) is 5.02 Å². The highest BCUT2D eigenvalue weighted by atomic mass is 35.5. The second kappa shape index (κ2) is 8.94. The van der Waals surface area contributed by atoms with Crippen molar-refractivity contribution in [3.8, 4) is 0 Å². The summed E-state index contributed by atoms with van der Waals surface area (Å²) >= 11 is 6.37. The molecule has 0 spiro atoms. The van der Waals surface area contributed by atoms with E-state index in [2.05, 4.69) is 0 Å². The van der Waals surface area contributed by atoms with Gasteiger partial charge in [-0.1, -0.05) is 41.9 Å². The van der Waals surface area contributed by atoms with Crippen molar-refractivity contribution in [1.82, 2.24) is 4.90 Å². The van der Waals surface area contributed by atoms with E-state index in [0.29, 0.717) is 21.8 Å². The van der Waals surface area contributed by atoms with Gasteiger partial charge in [0.1, 0.15) is 0 Å². The summed E-state index contributed by atoms with van der Waals surface area (Å²) in [5.41, 5.74) is 7.15. The summed E-state index contributed by atoms with van der Waals surface area (Å²) in [5, 5.41) is 0.360. The lowest BCUT2D eigenvalue weighted by molar-refractivity contribution is 0.100. The van der Waals surface area contributed by atoms with Crippen molar-refractivity contribution in [2.24, 2.45) is 5.73 Å². The number of anilines is 1. The lowest BCUT2D eigenvalue weighted by Gasteiger charge is -2.33. The smallest absolute Gasteiger partial charge is 0.324 e. The van der Waals surface area contributed by atoms with Gasteiger partial charge in [-0.2, -0.15) is 0 Å². The first-order valence-electron chi connectivity index (χ1n) is 9.14. The van der Waals surface area contributed by atoms with Gasteiger partial charge in [0.15, 0.2) is 15.6 Å². The molecule has 154 valence electrons. The van der Waals surface area contributed by atoms with E-state index in [0.717, 1.165) is 0 Å². The summed E-state index contributed by atoms with van der Waals surface area (Å²) < 4.78 is 23.4. The predicted octanol–water partition coefficient (Wildman–Crippen LogP) is 2.34. The van der Waals surface area contributed by atoms with Crippen LogP contribution in [0.4, 0.5) is 10.5 Å². The number of ketones is 1. The van der Waals surface area contributed by atoms with Gasteiger partial charge >= 0.3 is 6.03 Å². The molecule has 1 aliphatic rings. The fraction of sp³-hybridized carbons (Fsp3) is 0.300. The molecule has 1 fully saturated rings. The Balaban J connectivity index is 1.87. The standard InChI is InChI=1S/C20H22ClN3O4S/c21-18-12-15(19(25)13-22)6-7-16(18)14-24(17-4-2-1-3-5-17)20(26)23-8-10-29(27,28)11-9-23/h1-7,12H,8-11,13-14,22H2. The summed E-state index contributed by atoms with van der Waals surface area (Å²) in [7, 11) is -3.10. The Morgan fingerprint density at radius 1 is 1.07 bits per heavy atom. The number of amides is 2. The van der Waals surface area contributed by atoms with Gasteiger partial charge in [-0.05, 0) is 23.8 Å². The third kappa shape index (κ3) is 5.14. The molecule has 9 heteroatoms. The monoisotopic (exact) mass is 435 g/mol. The second-order valence-corrected chi connectivity index (χ2v) is 9.49. The quantitative estimate of drug-likeness (QED) is 0.726. The van der Waals surface area contributed by atoms with Crippen LogP contribution in [0.25, 0.3) is 0 Å². The Bertz CT molecular complexity index is 998. The molecule has 0 aliphatic carbocycles. The molecule has 0 saturated carbocycles. The highest BCUT2D eigenvalue weighted by Gasteiger charge is 2.29. The third-order valence-corrected chi connectivity index (χ3v) is 6.76. The Morgan fingerprint density at radius 2 is 1.72 bits per heavy atom. The van der Waals surface area contributed by atoms with Crippen LogP contribution in [0.1, 0.15) is 15.9 Å². The number of para-hydroxylation sites is 1. The molecule has 0 atom stereocenters. The largest absolute Gasteiger partial charge is 0.324 e. The van der Waals surface area contributed by atoms with Gasteiger partial charge in [0.25, 0.3) is 0 Å². The van der Waals surface area contributed by atoms with E-state index < -0.39 is 9.84 Å². The molecule has 0 radical (unpaired) electrons. The molecule has 1 aliphatic heterocycles. The maximum Gasteiger partial charge on any atom is 0.324 e. The van der Waals surface area contributed by atoms with Crippen LogP contribution >= 0.6 is 11.6 Å². The van der Waals surface area contributed by atoms with E-state index in [1.54, 1.807) is 35.2 Å². The number of hydrogen-bond donors (Lipinski definition) is 1. The lowest BCUT2D eigenvalue weighted by Crippen LogP contribution is -2.49. The molecular formula is C20H22ClN3O4S. The van der Waals surface area contributed by atoms with Gasteiger partial charge in [0.2, 0.25) is 0 Å². The molecule has 0 aromatic heterocycles. The number of hydrogen-bond acceptors (Lipinski definition) is 5. The first kappa shape index (κ1) is 21.3. The number of sulfone groups is 1. The number of halogens is 1. The number of carbonyl (C=O) groups is 2. The highest BCUT2D eigenvalue weighted by Crippen LogP contribution is 2.25. The fourth-order valence-corrected chi connectivity index (χ4v) is 4.53. The number of rotatable bonds is 5. The van der Waals surface area contributed by atoms with Crippen molar-refractivity contribution >= 4 is 38.9 Å². The Labute approximate surface area is 175 Å². The van der Waals surface area contributed by atoms with Crippen molar-refractivity contribution < 1.29 is 18.0 Å². The van der Waals surface area contributed by atoms with E-state index in [9.17, 15) is 18.0 Å². The summed E-state index contributed by atoms with van der Waals surface area (Å²) in [6, 6.07) is 13.7. The molecule has 2 amide bonds. The van der Waals surface area contributed by atoms with E-state index >= 15 is 0 Å². The van der Waals surface area contributed by atoms with Gasteiger partial charge in [-0.25, -0.2) is 13.2 Å². The van der Waals surface area contributed by atoms with Gasteiger partial charge in [0, 0.05) is 29.4 Å². The van der Waals surface area contributed by atoms with E-state index in [4.69, 9.17) is 17.3 Å². The SMILES string of the molecule is NCC(=O)c1ccc(CN(C(=O)N2CCS(=O)(=O)CC2)c2ccccc2)c(Cl)c1. The van der Waals surface area contributed by atoms with Gasteiger partial charge in [-0.15, -0.1) is 0 Å². The summed E-state index contributed by atoms with van der Waals surface area (Å²) in [6.45, 7) is 0.383. The Kier molecular flexibility index (Phi) is 6.56. The minimum absolute atomic E-state index is 0.0436. The summed E-state index contributed by atoms with van der Waals surface area (Å²) in [4.78, 5) is 28.1. The topological polar surface area (TPSA) is 101 Å². The van der Waals surface area contributed by atoms with Crippen molar-refractivity contribution in [3.05, 3.63) is 64.7 Å². The first-order valence-corrected chi connectivity index (χ1v) is 11.3. The minimum atomic E-state index is -3.10. The molecule has 1 saturated heterocycles. The van der Waals surface area contributed by atoms with Crippen LogP contribution in [-0.2, 0) is 16.4 Å². The Morgan fingerprint density at radius 3 is 2.31 bits per heavy atom. The van der Waals surface area contributed by atoms with Crippen LogP contribution in [-0.4, -0.2) is 56.3 Å². The molecule has 3 rings (SSSR count). The number of carbonyl (C=O) groups excluding carboxylic acids is 2. The number of nitrogens with zero attached hydrogens (tertiary/aromatic N) is 2. The molecule has 0 unspecified atom stereocenters. The normalized spacial score (nSPS) is 15.7. The average Bonchev–Trinajstić information content (AvgIpc) is 2.72. The zero-order valence-electron chi connectivity index (χ0n) is 15.8. The molecule has 7 nitrogen and oxygen atoms in total. The molecule has 1 heterocycles.